The molecule has 0 spiro atoms. The second-order valence-corrected chi connectivity index (χ2v) is 8.41. The summed E-state index contributed by atoms with van der Waals surface area (Å²) >= 11 is 0. The molecule has 0 bridgehead atoms. The number of guanidine groups is 1. The third-order valence-corrected chi connectivity index (χ3v) is 5.98. The molecule has 0 atom stereocenters. The van der Waals surface area contributed by atoms with Gasteiger partial charge < -0.3 is 15.0 Å². The molecule has 1 aromatic heterocycles. The number of ether oxygens (including phenoxy) is 1. The first-order chi connectivity index (χ1) is 12.3. The van der Waals surface area contributed by atoms with Crippen molar-refractivity contribution in [2.45, 2.75) is 26.5 Å². The summed E-state index contributed by atoms with van der Waals surface area (Å²) in [5.41, 5.74) is 0. The van der Waals surface area contributed by atoms with E-state index in [0.29, 0.717) is 32.7 Å². The van der Waals surface area contributed by atoms with Gasteiger partial charge in [-0.1, -0.05) is 0 Å². The molecular formula is C15H30IN7O3S. The van der Waals surface area contributed by atoms with Crippen molar-refractivity contribution < 1.29 is 13.2 Å². The predicted octanol–water partition coefficient (Wildman–Crippen LogP) is -0.119. The summed E-state index contributed by atoms with van der Waals surface area (Å²) < 4.78 is 33.4. The first-order valence-corrected chi connectivity index (χ1v) is 10.3. The van der Waals surface area contributed by atoms with Gasteiger partial charge in [0.2, 0.25) is 10.0 Å². The summed E-state index contributed by atoms with van der Waals surface area (Å²) in [5.74, 6) is 1.55. The van der Waals surface area contributed by atoms with Crippen LogP contribution in [0, 0.1) is 0 Å². The Morgan fingerprint density at radius 3 is 2.52 bits per heavy atom. The van der Waals surface area contributed by atoms with E-state index >= 15 is 0 Å². The number of rotatable bonds is 7. The van der Waals surface area contributed by atoms with Crippen LogP contribution in [0.4, 0.5) is 0 Å². The number of sulfonamides is 1. The van der Waals surface area contributed by atoms with Gasteiger partial charge in [-0.2, -0.15) is 9.40 Å². The molecule has 0 radical (unpaired) electrons. The van der Waals surface area contributed by atoms with Crippen LogP contribution in [-0.4, -0.2) is 90.0 Å². The number of halogens is 1. The molecule has 1 fully saturated rings. The Morgan fingerprint density at radius 2 is 2.00 bits per heavy atom. The van der Waals surface area contributed by atoms with Crippen LogP contribution in [0.15, 0.2) is 11.3 Å². The second-order valence-electron chi connectivity index (χ2n) is 6.32. The molecule has 1 aromatic rings. The molecule has 1 N–H and O–H groups in total. The lowest BCUT2D eigenvalue weighted by Gasteiger charge is -2.35. The van der Waals surface area contributed by atoms with E-state index < -0.39 is 10.0 Å². The lowest BCUT2D eigenvalue weighted by molar-refractivity contribution is 0.0904. The van der Waals surface area contributed by atoms with Gasteiger partial charge in [0.05, 0.1) is 25.0 Å². The third-order valence-electron chi connectivity index (χ3n) is 4.15. The number of nitrogens with one attached hydrogen (secondary N) is 1. The summed E-state index contributed by atoms with van der Waals surface area (Å²) in [6, 6.07) is 0. The van der Waals surface area contributed by atoms with Crippen molar-refractivity contribution in [1.82, 2.24) is 29.3 Å². The molecule has 2 heterocycles. The lowest BCUT2D eigenvalue weighted by atomic mass is 10.4. The highest BCUT2D eigenvalue weighted by molar-refractivity contribution is 14.0. The molecule has 0 saturated carbocycles. The fraction of sp³-hybridized carbons (Fsp3) is 0.800. The number of aliphatic imine (C=N–C) groups is 1. The van der Waals surface area contributed by atoms with Gasteiger partial charge in [-0.05, 0) is 13.8 Å². The highest BCUT2D eigenvalue weighted by atomic mass is 127. The molecule has 12 heteroatoms. The van der Waals surface area contributed by atoms with Crippen molar-refractivity contribution in [3.63, 3.8) is 0 Å². The van der Waals surface area contributed by atoms with Gasteiger partial charge in [0, 0.05) is 40.3 Å². The van der Waals surface area contributed by atoms with Crippen molar-refractivity contribution in [3.05, 3.63) is 12.2 Å². The Kier molecular flexibility index (Phi) is 9.90. The minimum atomic E-state index is -3.29. The van der Waals surface area contributed by atoms with E-state index in [1.165, 1.54) is 10.6 Å². The first kappa shape index (κ1) is 24.0. The van der Waals surface area contributed by atoms with Crippen LogP contribution in [0.25, 0.3) is 0 Å². The largest absolute Gasteiger partial charge is 0.378 e. The smallest absolute Gasteiger partial charge is 0.216 e. The van der Waals surface area contributed by atoms with Gasteiger partial charge in [0.1, 0.15) is 12.2 Å². The van der Waals surface area contributed by atoms with Crippen molar-refractivity contribution in [2.75, 3.05) is 45.6 Å². The summed E-state index contributed by atoms with van der Waals surface area (Å²) in [6.45, 7) is 6.57. The Labute approximate surface area is 178 Å². The molecule has 10 nitrogen and oxygen atoms in total. The van der Waals surface area contributed by atoms with Gasteiger partial charge in [-0.25, -0.2) is 13.4 Å². The van der Waals surface area contributed by atoms with E-state index in [9.17, 15) is 8.42 Å². The number of aryl methyl sites for hydroxylation is 1. The number of nitrogens with zero attached hydrogens (tertiary/aromatic N) is 6. The SMILES string of the molecule is CN=C(NCc1ncnn1C)N1CCN(S(=O)(=O)CCOC(C)C)CC1.I. The van der Waals surface area contributed by atoms with Crippen molar-refractivity contribution in [1.29, 1.82) is 0 Å². The fourth-order valence-electron chi connectivity index (χ4n) is 2.67. The van der Waals surface area contributed by atoms with Gasteiger partial charge in [0.15, 0.2) is 5.96 Å². The van der Waals surface area contributed by atoms with E-state index in [2.05, 4.69) is 20.4 Å². The second kappa shape index (κ2) is 11.1. The van der Waals surface area contributed by atoms with E-state index in [-0.39, 0.29) is 42.4 Å². The third kappa shape index (κ3) is 7.16. The van der Waals surface area contributed by atoms with Crippen molar-refractivity contribution in [3.8, 4) is 0 Å². The molecule has 0 amide bonds. The molecule has 0 aliphatic carbocycles. The van der Waals surface area contributed by atoms with E-state index in [1.807, 2.05) is 25.8 Å². The van der Waals surface area contributed by atoms with Gasteiger partial charge in [-0.15, -0.1) is 24.0 Å². The lowest BCUT2D eigenvalue weighted by Crippen LogP contribution is -2.54. The Morgan fingerprint density at radius 1 is 1.33 bits per heavy atom. The molecule has 0 aromatic carbocycles. The zero-order valence-electron chi connectivity index (χ0n) is 16.3. The maximum Gasteiger partial charge on any atom is 0.216 e. The van der Waals surface area contributed by atoms with Gasteiger partial charge in [-0.3, -0.25) is 9.67 Å². The average molecular weight is 515 g/mol. The van der Waals surface area contributed by atoms with E-state index in [0.717, 1.165) is 11.8 Å². The summed E-state index contributed by atoms with van der Waals surface area (Å²) in [4.78, 5) is 10.5. The minimum absolute atomic E-state index is 0. The minimum Gasteiger partial charge on any atom is -0.378 e. The summed E-state index contributed by atoms with van der Waals surface area (Å²) in [5, 5.41) is 7.28. The highest BCUT2D eigenvalue weighted by Gasteiger charge is 2.28. The van der Waals surface area contributed by atoms with Crippen LogP contribution in [0.2, 0.25) is 0 Å². The molecule has 156 valence electrons. The zero-order chi connectivity index (χ0) is 19.2. The van der Waals surface area contributed by atoms with Crippen LogP contribution in [-0.2, 0) is 28.4 Å². The highest BCUT2D eigenvalue weighted by Crippen LogP contribution is 2.09. The van der Waals surface area contributed by atoms with Crippen LogP contribution in [0.5, 0.6) is 0 Å². The number of piperazine rings is 1. The molecule has 27 heavy (non-hydrogen) atoms. The topological polar surface area (TPSA) is 105 Å². The number of aromatic nitrogens is 3. The van der Waals surface area contributed by atoms with Crippen LogP contribution in [0.3, 0.4) is 0 Å². The van der Waals surface area contributed by atoms with Crippen LogP contribution in [0.1, 0.15) is 19.7 Å². The molecule has 1 aliphatic rings. The fourth-order valence-corrected chi connectivity index (χ4v) is 3.95. The molecule has 1 aliphatic heterocycles. The maximum atomic E-state index is 12.4. The quantitative estimate of drug-likeness (QED) is 0.307. The Hall–Kier alpha value is -0.990. The summed E-state index contributed by atoms with van der Waals surface area (Å²) in [6.07, 6.45) is 1.54. The van der Waals surface area contributed by atoms with Gasteiger partial charge in [0.25, 0.3) is 0 Å². The van der Waals surface area contributed by atoms with Crippen molar-refractivity contribution in [2.24, 2.45) is 12.0 Å². The maximum absolute atomic E-state index is 12.4. The molecule has 1 saturated heterocycles. The van der Waals surface area contributed by atoms with Gasteiger partial charge >= 0.3 is 0 Å². The number of hydrogen-bond donors (Lipinski definition) is 1. The monoisotopic (exact) mass is 515 g/mol. The van der Waals surface area contributed by atoms with E-state index in [4.69, 9.17) is 4.74 Å². The Balaban J connectivity index is 0.00000364. The molecule has 0 unspecified atom stereocenters. The standard InChI is InChI=1S/C15H29N7O3S.HI/c1-13(2)25-9-10-26(23,24)22-7-5-21(6-8-22)15(16-3)17-11-14-18-12-19-20(14)4;/h12-13H,5-11H2,1-4H3,(H,16,17);1H. The Bertz CT molecular complexity index is 700. The molecular weight excluding hydrogens is 485 g/mol. The predicted molar refractivity (Wildman–Crippen MR) is 115 cm³/mol. The number of hydrogen-bond acceptors (Lipinski definition) is 6. The molecule has 2 rings (SSSR count). The van der Waals surface area contributed by atoms with Crippen LogP contribution >= 0.6 is 24.0 Å². The normalized spacial score (nSPS) is 16.5. The average Bonchev–Trinajstić information content (AvgIpc) is 3.00. The van der Waals surface area contributed by atoms with E-state index in [1.54, 1.807) is 11.7 Å². The van der Waals surface area contributed by atoms with Crippen molar-refractivity contribution >= 4 is 40.0 Å². The summed E-state index contributed by atoms with van der Waals surface area (Å²) in [7, 11) is 0.258. The first-order valence-electron chi connectivity index (χ1n) is 8.71. The van der Waals surface area contributed by atoms with Crippen LogP contribution < -0.4 is 5.32 Å². The zero-order valence-corrected chi connectivity index (χ0v) is 19.5.